The summed E-state index contributed by atoms with van der Waals surface area (Å²) in [6.45, 7) is 0. The lowest BCUT2D eigenvalue weighted by Crippen LogP contribution is -2.11. The van der Waals surface area contributed by atoms with E-state index in [4.69, 9.17) is 5.11 Å². The van der Waals surface area contributed by atoms with E-state index in [1.165, 1.54) is 0 Å². The highest BCUT2D eigenvalue weighted by atomic mass is 16.4. The van der Waals surface area contributed by atoms with Gasteiger partial charge in [0.05, 0.1) is 0 Å². The lowest BCUT2D eigenvalue weighted by Gasteiger charge is -1.87. The van der Waals surface area contributed by atoms with Crippen molar-refractivity contribution in [1.82, 2.24) is 9.78 Å². The molecule has 5 nitrogen and oxygen atoms in total. The zero-order valence-electron chi connectivity index (χ0n) is 4.37. The first-order valence-electron chi connectivity index (χ1n) is 2.21. The van der Waals surface area contributed by atoms with E-state index in [9.17, 15) is 9.59 Å². The summed E-state index contributed by atoms with van der Waals surface area (Å²) in [5.74, 6) is 0. The lowest BCUT2D eigenvalue weighted by atomic mass is 10.7. The van der Waals surface area contributed by atoms with Crippen molar-refractivity contribution in [3.05, 3.63) is 22.6 Å². The van der Waals surface area contributed by atoms with Crippen LogP contribution in [-0.2, 0) is 0 Å². The third kappa shape index (κ3) is 0.987. The zero-order chi connectivity index (χ0) is 6.85. The molecule has 0 saturated heterocycles. The van der Waals surface area contributed by atoms with Crippen molar-refractivity contribution >= 4 is 6.09 Å². The van der Waals surface area contributed by atoms with Crippen molar-refractivity contribution in [2.24, 2.45) is 0 Å². The summed E-state index contributed by atoms with van der Waals surface area (Å²) in [5, 5.41) is 10.2. The Morgan fingerprint density at radius 3 is 2.67 bits per heavy atom. The molecule has 9 heavy (non-hydrogen) atoms. The molecule has 0 fully saturated rings. The first-order valence-corrected chi connectivity index (χ1v) is 2.21. The van der Waals surface area contributed by atoms with E-state index in [0.29, 0.717) is 4.68 Å². The van der Waals surface area contributed by atoms with Crippen LogP contribution in [0.3, 0.4) is 0 Å². The van der Waals surface area contributed by atoms with Gasteiger partial charge in [0.15, 0.2) is 0 Å². The molecule has 0 atom stereocenters. The fourth-order valence-electron chi connectivity index (χ4n) is 0.447. The average Bonchev–Trinajstić information content (AvgIpc) is 2.14. The molecule has 1 aromatic rings. The van der Waals surface area contributed by atoms with Crippen LogP contribution < -0.4 is 5.56 Å². The molecule has 0 spiro atoms. The molecule has 0 aliphatic heterocycles. The number of aromatic nitrogens is 2. The molecule has 2 N–H and O–H groups in total. The Bertz CT molecular complexity index is 271. The van der Waals surface area contributed by atoms with E-state index in [-0.39, 0.29) is 0 Å². The second kappa shape index (κ2) is 1.77. The second-order valence-electron chi connectivity index (χ2n) is 1.44. The van der Waals surface area contributed by atoms with Gasteiger partial charge in [0, 0.05) is 12.3 Å². The molecule has 5 heteroatoms. The lowest BCUT2D eigenvalue weighted by molar-refractivity contribution is 0.192. The molecule has 0 saturated carbocycles. The third-order valence-corrected chi connectivity index (χ3v) is 0.812. The number of rotatable bonds is 0. The maximum Gasteiger partial charge on any atom is 0.430 e. The van der Waals surface area contributed by atoms with Gasteiger partial charge in [0.2, 0.25) is 0 Å². The predicted octanol–water partition coefficient (Wildman–Crippen LogP) is -0.298. The second-order valence-corrected chi connectivity index (χ2v) is 1.44. The Kier molecular flexibility index (Phi) is 1.11. The Morgan fingerprint density at radius 1 is 1.78 bits per heavy atom. The van der Waals surface area contributed by atoms with Gasteiger partial charge < -0.3 is 5.11 Å². The molecule has 0 amide bonds. The minimum Gasteiger partial charge on any atom is -0.463 e. The van der Waals surface area contributed by atoms with Crippen LogP contribution in [0, 0.1) is 0 Å². The van der Waals surface area contributed by atoms with Crippen molar-refractivity contribution in [2.45, 2.75) is 0 Å². The number of hydrogen-bond acceptors (Lipinski definition) is 2. The number of H-pyrrole nitrogens is 1. The van der Waals surface area contributed by atoms with Crippen LogP contribution in [-0.4, -0.2) is 21.0 Å². The number of nitrogens with one attached hydrogen (secondary N) is 1. The smallest absolute Gasteiger partial charge is 0.430 e. The fraction of sp³-hybridized carbons (Fsp3) is 0. The molecule has 0 aliphatic carbocycles. The number of carbonyl (C=O) groups is 1. The van der Waals surface area contributed by atoms with Crippen molar-refractivity contribution in [2.75, 3.05) is 0 Å². The Balaban J connectivity index is 3.12. The van der Waals surface area contributed by atoms with E-state index >= 15 is 0 Å². The molecule has 0 unspecified atom stereocenters. The molecular formula is C4H4N2O3. The summed E-state index contributed by atoms with van der Waals surface area (Å²) in [4.78, 5) is 20.3. The van der Waals surface area contributed by atoms with E-state index in [0.717, 1.165) is 12.3 Å². The zero-order valence-corrected chi connectivity index (χ0v) is 4.37. The molecule has 0 aliphatic rings. The fourth-order valence-corrected chi connectivity index (χ4v) is 0.447. The van der Waals surface area contributed by atoms with Gasteiger partial charge in [-0.1, -0.05) is 0 Å². The van der Waals surface area contributed by atoms with Crippen molar-refractivity contribution in [3.63, 3.8) is 0 Å². The van der Waals surface area contributed by atoms with Gasteiger partial charge in [0.1, 0.15) is 0 Å². The Morgan fingerprint density at radius 2 is 2.44 bits per heavy atom. The van der Waals surface area contributed by atoms with Gasteiger partial charge in [-0.05, 0) is 0 Å². The highest BCUT2D eigenvalue weighted by Gasteiger charge is 1.96. The molecule has 48 valence electrons. The number of aromatic amines is 1. The van der Waals surface area contributed by atoms with Gasteiger partial charge in [0.25, 0.3) is 5.56 Å². The minimum absolute atomic E-state index is 0.419. The molecule has 1 aromatic heterocycles. The SMILES string of the molecule is O=C(O)n1ccc(=O)[nH]1. The molecular weight excluding hydrogens is 124 g/mol. The van der Waals surface area contributed by atoms with Crippen LogP contribution in [0.4, 0.5) is 4.79 Å². The molecule has 0 aromatic carbocycles. The first kappa shape index (κ1) is 5.61. The maximum atomic E-state index is 10.3. The first-order chi connectivity index (χ1) is 4.20. The van der Waals surface area contributed by atoms with Gasteiger partial charge in [-0.3, -0.25) is 9.89 Å². The summed E-state index contributed by atoms with van der Waals surface area (Å²) < 4.78 is 0.683. The van der Waals surface area contributed by atoms with Crippen LogP contribution in [0.1, 0.15) is 0 Å². The monoisotopic (exact) mass is 128 g/mol. The van der Waals surface area contributed by atoms with Crippen LogP contribution in [0.5, 0.6) is 0 Å². The molecule has 0 radical (unpaired) electrons. The highest BCUT2D eigenvalue weighted by Crippen LogP contribution is 1.75. The quantitative estimate of drug-likeness (QED) is 0.503. The molecule has 1 rings (SSSR count). The van der Waals surface area contributed by atoms with E-state index in [2.05, 4.69) is 0 Å². The van der Waals surface area contributed by atoms with Crippen LogP contribution in [0.15, 0.2) is 17.1 Å². The van der Waals surface area contributed by atoms with Gasteiger partial charge >= 0.3 is 6.09 Å². The predicted molar refractivity (Wildman–Crippen MR) is 28.5 cm³/mol. The number of nitrogens with zero attached hydrogens (tertiary/aromatic N) is 1. The van der Waals surface area contributed by atoms with Crippen LogP contribution in [0.25, 0.3) is 0 Å². The molecule has 0 bridgehead atoms. The minimum atomic E-state index is -1.20. The van der Waals surface area contributed by atoms with E-state index in [1.807, 2.05) is 5.10 Å². The summed E-state index contributed by atoms with van der Waals surface area (Å²) in [6.07, 6.45) is -0.0536. The van der Waals surface area contributed by atoms with Crippen LogP contribution >= 0.6 is 0 Å². The highest BCUT2D eigenvalue weighted by molar-refractivity contribution is 5.66. The Labute approximate surface area is 49.5 Å². The van der Waals surface area contributed by atoms with E-state index in [1.54, 1.807) is 0 Å². The normalized spacial score (nSPS) is 9.33. The van der Waals surface area contributed by atoms with Gasteiger partial charge in [-0.25, -0.2) is 4.79 Å². The van der Waals surface area contributed by atoms with Crippen molar-refractivity contribution in [3.8, 4) is 0 Å². The topological polar surface area (TPSA) is 75.1 Å². The summed E-state index contributed by atoms with van der Waals surface area (Å²) >= 11 is 0. The largest absolute Gasteiger partial charge is 0.463 e. The van der Waals surface area contributed by atoms with Gasteiger partial charge in [-0.2, -0.15) is 4.68 Å². The van der Waals surface area contributed by atoms with Crippen molar-refractivity contribution < 1.29 is 9.90 Å². The maximum absolute atomic E-state index is 10.3. The van der Waals surface area contributed by atoms with E-state index < -0.39 is 11.7 Å². The number of carboxylic acid groups (broad SMARTS) is 1. The summed E-state index contributed by atoms with van der Waals surface area (Å²) in [5.41, 5.74) is -0.419. The van der Waals surface area contributed by atoms with Crippen LogP contribution in [0.2, 0.25) is 0 Å². The Hall–Kier alpha value is -1.52. The molecule has 1 heterocycles. The van der Waals surface area contributed by atoms with Gasteiger partial charge in [-0.15, -0.1) is 0 Å². The van der Waals surface area contributed by atoms with Crippen molar-refractivity contribution in [1.29, 1.82) is 0 Å². The summed E-state index contributed by atoms with van der Waals surface area (Å²) in [6, 6.07) is 1.13. The average molecular weight is 128 g/mol. The third-order valence-electron chi connectivity index (χ3n) is 0.812. The summed E-state index contributed by atoms with van der Waals surface area (Å²) in [7, 11) is 0. The standard InChI is InChI=1S/C4H4N2O3/c7-3-1-2-6(5-3)4(8)9/h1-2H,(H,5,7)(H,8,9). The number of hydrogen-bond donors (Lipinski definition) is 2.